The normalized spacial score (nSPS) is 12.5. The monoisotopic (exact) mass is 667 g/mol. The molecule has 0 fully saturated rings. The van der Waals surface area contributed by atoms with Crippen molar-refractivity contribution in [3.05, 3.63) is 0 Å². The lowest BCUT2D eigenvalue weighted by Crippen LogP contribution is -2.30. The van der Waals surface area contributed by atoms with Gasteiger partial charge in [-0.1, -0.05) is 182 Å². The second-order valence-corrected chi connectivity index (χ2v) is 14.2. The van der Waals surface area contributed by atoms with E-state index >= 15 is 0 Å². The molecule has 0 N–H and O–H groups in total. The highest BCUT2D eigenvalue weighted by molar-refractivity contribution is 5.71. The van der Waals surface area contributed by atoms with Crippen LogP contribution in [-0.4, -0.2) is 37.2 Å². The molecule has 6 heteroatoms. The van der Waals surface area contributed by atoms with E-state index < -0.39 is 6.10 Å². The third-order valence-corrected chi connectivity index (χ3v) is 9.40. The molecule has 0 aromatic rings. The van der Waals surface area contributed by atoms with E-state index in [0.717, 1.165) is 70.1 Å². The number of rotatable bonds is 36. The van der Waals surface area contributed by atoms with Crippen molar-refractivity contribution in [3.63, 3.8) is 0 Å². The molecule has 0 aliphatic heterocycles. The molecule has 278 valence electrons. The van der Waals surface area contributed by atoms with Gasteiger partial charge in [-0.3, -0.25) is 14.4 Å². The minimum absolute atomic E-state index is 0.0660. The highest BCUT2D eigenvalue weighted by Crippen LogP contribution is 2.16. The van der Waals surface area contributed by atoms with Crippen LogP contribution < -0.4 is 0 Å². The van der Waals surface area contributed by atoms with Crippen LogP contribution in [-0.2, 0) is 28.6 Å². The topological polar surface area (TPSA) is 78.9 Å². The molecular weight excluding hydrogens is 588 g/mol. The molecule has 0 aromatic carbocycles. The summed E-state index contributed by atoms with van der Waals surface area (Å²) in [6.07, 6.45) is 32.5. The van der Waals surface area contributed by atoms with Crippen LogP contribution in [0.5, 0.6) is 0 Å². The second kappa shape index (κ2) is 35.7. The molecular formula is C41H78O6. The van der Waals surface area contributed by atoms with Crippen molar-refractivity contribution >= 4 is 17.9 Å². The maximum atomic E-state index is 12.6. The van der Waals surface area contributed by atoms with Gasteiger partial charge in [-0.2, -0.15) is 0 Å². The molecule has 0 aromatic heterocycles. The van der Waals surface area contributed by atoms with E-state index in [9.17, 15) is 14.4 Å². The highest BCUT2D eigenvalue weighted by atomic mass is 16.6. The molecule has 2 atom stereocenters. The summed E-state index contributed by atoms with van der Waals surface area (Å²) < 4.78 is 16.5. The Labute approximate surface area is 291 Å². The number of hydrogen-bond donors (Lipinski definition) is 0. The van der Waals surface area contributed by atoms with Gasteiger partial charge in [0.05, 0.1) is 0 Å². The molecule has 0 bridgehead atoms. The summed E-state index contributed by atoms with van der Waals surface area (Å²) in [6.45, 7) is 8.89. The van der Waals surface area contributed by atoms with E-state index in [-0.39, 0.29) is 31.1 Å². The predicted octanol–water partition coefficient (Wildman–Crippen LogP) is 12.4. The van der Waals surface area contributed by atoms with Crippen LogP contribution in [0.4, 0.5) is 0 Å². The van der Waals surface area contributed by atoms with Crippen molar-refractivity contribution in [1.29, 1.82) is 0 Å². The molecule has 0 rings (SSSR count). The van der Waals surface area contributed by atoms with Crippen molar-refractivity contribution in [3.8, 4) is 0 Å². The fraction of sp³-hybridized carbons (Fsp3) is 0.927. The minimum atomic E-state index is -0.756. The first-order valence-electron chi connectivity index (χ1n) is 20.4. The van der Waals surface area contributed by atoms with Gasteiger partial charge in [0.1, 0.15) is 13.2 Å². The van der Waals surface area contributed by atoms with E-state index in [1.165, 1.54) is 109 Å². The number of ether oxygens (including phenoxy) is 3. The Morgan fingerprint density at radius 1 is 0.426 bits per heavy atom. The maximum absolute atomic E-state index is 12.6. The molecule has 0 aliphatic carbocycles. The number of esters is 3. The Hall–Kier alpha value is -1.59. The summed E-state index contributed by atoms with van der Waals surface area (Å²) in [5.74, 6) is -0.0282. The fourth-order valence-corrected chi connectivity index (χ4v) is 5.89. The zero-order valence-electron chi connectivity index (χ0n) is 31.7. The molecule has 0 aliphatic rings. The van der Waals surface area contributed by atoms with Crippen LogP contribution in [0, 0.1) is 5.92 Å². The van der Waals surface area contributed by atoms with Crippen molar-refractivity contribution in [2.75, 3.05) is 13.2 Å². The first kappa shape index (κ1) is 45.4. The van der Waals surface area contributed by atoms with E-state index in [2.05, 4.69) is 27.7 Å². The largest absolute Gasteiger partial charge is 0.462 e. The van der Waals surface area contributed by atoms with Gasteiger partial charge in [-0.25, -0.2) is 0 Å². The number of carbonyl (C=O) groups is 3. The molecule has 0 amide bonds. The van der Waals surface area contributed by atoms with Gasteiger partial charge < -0.3 is 14.2 Å². The third kappa shape index (κ3) is 34.1. The molecule has 0 heterocycles. The molecule has 0 spiro atoms. The highest BCUT2D eigenvalue weighted by Gasteiger charge is 2.19. The summed E-state index contributed by atoms with van der Waals surface area (Å²) in [6, 6.07) is 0. The average Bonchev–Trinajstić information content (AvgIpc) is 3.06. The van der Waals surface area contributed by atoms with Gasteiger partial charge in [0, 0.05) is 19.3 Å². The van der Waals surface area contributed by atoms with E-state index in [1.807, 2.05) is 0 Å². The second-order valence-electron chi connectivity index (χ2n) is 14.2. The maximum Gasteiger partial charge on any atom is 0.306 e. The van der Waals surface area contributed by atoms with Gasteiger partial charge in [0.15, 0.2) is 6.10 Å². The summed E-state index contributed by atoms with van der Waals surface area (Å²) >= 11 is 0. The van der Waals surface area contributed by atoms with Crippen molar-refractivity contribution in [2.45, 2.75) is 226 Å². The Kier molecular flexibility index (Phi) is 34.5. The number of unbranched alkanes of at least 4 members (excludes halogenated alkanes) is 22. The van der Waals surface area contributed by atoms with Crippen LogP contribution in [0.2, 0.25) is 0 Å². The Bertz CT molecular complexity index is 708. The van der Waals surface area contributed by atoms with Gasteiger partial charge in [0.2, 0.25) is 0 Å². The van der Waals surface area contributed by atoms with Gasteiger partial charge in [-0.15, -0.1) is 0 Å². The molecule has 0 radical (unpaired) electrons. The third-order valence-electron chi connectivity index (χ3n) is 9.40. The lowest BCUT2D eigenvalue weighted by atomic mass is 9.99. The summed E-state index contributed by atoms with van der Waals surface area (Å²) in [5.41, 5.74) is 0. The quantitative estimate of drug-likeness (QED) is 0.0376. The number of hydrogen-bond acceptors (Lipinski definition) is 6. The summed E-state index contributed by atoms with van der Waals surface area (Å²) in [4.78, 5) is 37.3. The van der Waals surface area contributed by atoms with Crippen molar-refractivity contribution in [1.82, 2.24) is 0 Å². The molecule has 0 saturated carbocycles. The smallest absolute Gasteiger partial charge is 0.306 e. The summed E-state index contributed by atoms with van der Waals surface area (Å²) in [5, 5.41) is 0. The Morgan fingerprint density at radius 3 is 1.11 bits per heavy atom. The average molecular weight is 667 g/mol. The zero-order valence-corrected chi connectivity index (χ0v) is 31.7. The van der Waals surface area contributed by atoms with Gasteiger partial charge in [-0.05, 0) is 25.2 Å². The van der Waals surface area contributed by atoms with Gasteiger partial charge >= 0.3 is 17.9 Å². The number of carbonyl (C=O) groups excluding carboxylic acids is 3. The molecule has 0 saturated heterocycles. The Morgan fingerprint density at radius 2 is 0.745 bits per heavy atom. The standard InChI is InChI=1S/C41H78O6/c1-5-8-10-12-13-14-15-16-17-22-26-30-34-41(44)47-38(35-45-39(42)32-28-23-11-9-6-2)36-46-40(43)33-29-25-21-19-18-20-24-27-31-37(4)7-3/h37-38H,5-36H2,1-4H3/t37?,38-/m1/s1. The predicted molar refractivity (Wildman–Crippen MR) is 196 cm³/mol. The van der Waals surface area contributed by atoms with Crippen LogP contribution in [0.1, 0.15) is 220 Å². The lowest BCUT2D eigenvalue weighted by Gasteiger charge is -2.18. The molecule has 1 unspecified atom stereocenters. The van der Waals surface area contributed by atoms with Gasteiger partial charge in [0.25, 0.3) is 0 Å². The van der Waals surface area contributed by atoms with E-state index in [0.29, 0.717) is 19.3 Å². The Balaban J connectivity index is 4.26. The zero-order chi connectivity index (χ0) is 34.6. The van der Waals surface area contributed by atoms with Crippen molar-refractivity contribution < 1.29 is 28.6 Å². The fourth-order valence-electron chi connectivity index (χ4n) is 5.89. The molecule has 6 nitrogen and oxygen atoms in total. The van der Waals surface area contributed by atoms with Crippen LogP contribution in [0.15, 0.2) is 0 Å². The molecule has 47 heavy (non-hydrogen) atoms. The van der Waals surface area contributed by atoms with Crippen LogP contribution >= 0.6 is 0 Å². The summed E-state index contributed by atoms with van der Waals surface area (Å²) in [7, 11) is 0. The van der Waals surface area contributed by atoms with Crippen LogP contribution in [0.3, 0.4) is 0 Å². The SMILES string of the molecule is CCCCCCCCCCCCCCC(=O)O[C@H](COC(=O)CCCCCCC)COC(=O)CCCCCCCCCCC(C)CC. The first-order chi connectivity index (χ1) is 22.9. The lowest BCUT2D eigenvalue weighted by molar-refractivity contribution is -0.167. The van der Waals surface area contributed by atoms with Crippen LogP contribution in [0.25, 0.3) is 0 Å². The first-order valence-corrected chi connectivity index (χ1v) is 20.4. The minimum Gasteiger partial charge on any atom is -0.462 e. The van der Waals surface area contributed by atoms with E-state index in [4.69, 9.17) is 14.2 Å². The van der Waals surface area contributed by atoms with Crippen molar-refractivity contribution in [2.24, 2.45) is 5.92 Å². The van der Waals surface area contributed by atoms with E-state index in [1.54, 1.807) is 0 Å².